The normalized spacial score (nSPS) is 11.8. The second-order valence-corrected chi connectivity index (χ2v) is 11.2. The summed E-state index contributed by atoms with van der Waals surface area (Å²) in [5.74, 6) is -0.712. The molecule has 3 aromatic rings. The van der Waals surface area contributed by atoms with Crippen molar-refractivity contribution in [1.29, 1.82) is 0 Å². The molecule has 0 aliphatic rings. The highest BCUT2D eigenvalue weighted by Gasteiger charge is 2.24. The summed E-state index contributed by atoms with van der Waals surface area (Å²) >= 11 is 0. The lowest BCUT2D eigenvalue weighted by Gasteiger charge is -2.18. The van der Waals surface area contributed by atoms with Crippen LogP contribution in [0, 0.1) is 23.5 Å². The number of nitrogens with one attached hydrogen (secondary N) is 1. The van der Waals surface area contributed by atoms with Gasteiger partial charge in [-0.15, -0.1) is 0 Å². The van der Waals surface area contributed by atoms with Gasteiger partial charge in [-0.05, 0) is 68.1 Å². The number of amides is 1. The number of benzene rings is 3. The smallest absolute Gasteiger partial charge is 0.411 e. The largest absolute Gasteiger partial charge is 0.496 e. The number of Topliss-reactive ketones (excluding diaryl/α,β-unsaturated/α-hetero) is 3. The molecule has 0 aromatic heterocycles. The molecule has 1 N–H and O–H groups in total. The van der Waals surface area contributed by atoms with E-state index in [-0.39, 0.29) is 41.5 Å². The van der Waals surface area contributed by atoms with Crippen molar-refractivity contribution in [3.05, 3.63) is 82.9 Å². The second-order valence-electron chi connectivity index (χ2n) is 11.2. The first kappa shape index (κ1) is 38.6. The second kappa shape index (κ2) is 19.2. The highest BCUT2D eigenvalue weighted by molar-refractivity contribution is 6.02. The van der Waals surface area contributed by atoms with Crippen LogP contribution in [-0.2, 0) is 27.4 Å². The summed E-state index contributed by atoms with van der Waals surface area (Å²) < 4.78 is 42.8. The average Bonchev–Trinajstić information content (AvgIpc) is 3.07. The summed E-state index contributed by atoms with van der Waals surface area (Å²) in [6.07, 6.45) is 2.54. The Morgan fingerprint density at radius 3 is 2.02 bits per heavy atom. The van der Waals surface area contributed by atoms with Gasteiger partial charge in [0.1, 0.15) is 35.4 Å². The standard InChI is InChI=1S/C28H29F2NO5.C9H16O2/c1-5-17(3)26(32)25-18(6-2)7-8-19(27(25)34-4)16-35-28(33)31-20-9-11-21(12-10-20)36-22-13-14-23(29)24(30)15-22;1-4-9(11)6-5-7(2)8(3)10/h7-15,17H,5-6,16H2,1-4H3,(H,31,33);7H,4-6H2,1-3H3. The van der Waals surface area contributed by atoms with Gasteiger partial charge in [0, 0.05) is 42.0 Å². The molecule has 0 radical (unpaired) electrons. The minimum absolute atomic E-state index is 0.00295. The number of aryl methyl sites for hydroxylation is 1. The topological polar surface area (TPSA) is 108 Å². The summed E-state index contributed by atoms with van der Waals surface area (Å²) in [5, 5.41) is 2.61. The van der Waals surface area contributed by atoms with Crippen LogP contribution in [0.25, 0.3) is 0 Å². The van der Waals surface area contributed by atoms with Gasteiger partial charge in [-0.1, -0.05) is 46.8 Å². The number of carbonyl (C=O) groups excluding carboxylic acids is 4. The molecule has 3 aromatic carbocycles. The first-order valence-corrected chi connectivity index (χ1v) is 15.8. The minimum atomic E-state index is -1.01. The molecule has 0 heterocycles. The highest BCUT2D eigenvalue weighted by atomic mass is 19.2. The first-order chi connectivity index (χ1) is 22.3. The van der Waals surface area contributed by atoms with E-state index in [0.717, 1.165) is 17.7 Å². The number of anilines is 1. The molecule has 10 heteroatoms. The minimum Gasteiger partial charge on any atom is -0.496 e. The van der Waals surface area contributed by atoms with E-state index in [1.807, 2.05) is 40.7 Å². The zero-order valence-electron chi connectivity index (χ0n) is 28.2. The van der Waals surface area contributed by atoms with Gasteiger partial charge < -0.3 is 14.2 Å². The van der Waals surface area contributed by atoms with Crippen molar-refractivity contribution in [2.75, 3.05) is 12.4 Å². The number of hydrogen-bond donors (Lipinski definition) is 1. The van der Waals surface area contributed by atoms with Gasteiger partial charge in [0.15, 0.2) is 17.4 Å². The average molecular weight is 654 g/mol. The van der Waals surface area contributed by atoms with Crippen molar-refractivity contribution in [3.63, 3.8) is 0 Å². The Morgan fingerprint density at radius 1 is 0.830 bits per heavy atom. The van der Waals surface area contributed by atoms with Gasteiger partial charge in [0.2, 0.25) is 0 Å². The fourth-order valence-corrected chi connectivity index (χ4v) is 4.35. The Balaban J connectivity index is 0.000000597. The van der Waals surface area contributed by atoms with E-state index in [1.54, 1.807) is 37.3 Å². The number of hydrogen-bond acceptors (Lipinski definition) is 7. The SMILES string of the molecule is CCC(=O)CCC(C)C(C)=O.CCc1ccc(COC(=O)Nc2ccc(Oc3ccc(F)c(F)c3)cc2)c(OC)c1C(=O)C(C)CC. The molecule has 3 rings (SSSR count). The van der Waals surface area contributed by atoms with Crippen molar-refractivity contribution in [2.24, 2.45) is 11.8 Å². The van der Waals surface area contributed by atoms with Gasteiger partial charge in [-0.3, -0.25) is 19.7 Å². The molecule has 254 valence electrons. The summed E-state index contributed by atoms with van der Waals surface area (Å²) in [5.41, 5.74) is 2.45. The van der Waals surface area contributed by atoms with E-state index in [2.05, 4.69) is 5.32 Å². The van der Waals surface area contributed by atoms with E-state index >= 15 is 0 Å². The lowest BCUT2D eigenvalue weighted by Crippen LogP contribution is -2.17. The lowest BCUT2D eigenvalue weighted by molar-refractivity contribution is -0.121. The van der Waals surface area contributed by atoms with E-state index in [4.69, 9.17) is 14.2 Å². The molecule has 0 saturated carbocycles. The van der Waals surface area contributed by atoms with Crippen LogP contribution in [0.4, 0.5) is 19.3 Å². The van der Waals surface area contributed by atoms with Crippen LogP contribution in [0.15, 0.2) is 54.6 Å². The number of methoxy groups -OCH3 is 1. The Morgan fingerprint density at radius 2 is 1.47 bits per heavy atom. The van der Waals surface area contributed by atoms with Gasteiger partial charge >= 0.3 is 6.09 Å². The molecule has 0 aliphatic carbocycles. The molecule has 1 amide bonds. The molecule has 0 spiro atoms. The molecule has 2 unspecified atom stereocenters. The van der Waals surface area contributed by atoms with Crippen LogP contribution in [0.1, 0.15) is 88.7 Å². The summed E-state index contributed by atoms with van der Waals surface area (Å²) in [4.78, 5) is 46.9. The van der Waals surface area contributed by atoms with Crippen LogP contribution in [0.2, 0.25) is 0 Å². The molecular formula is C37H45F2NO7. The monoisotopic (exact) mass is 653 g/mol. The molecule has 8 nitrogen and oxygen atoms in total. The number of ketones is 3. The maximum atomic E-state index is 13.3. The van der Waals surface area contributed by atoms with Crippen molar-refractivity contribution >= 4 is 29.1 Å². The molecule has 47 heavy (non-hydrogen) atoms. The summed E-state index contributed by atoms with van der Waals surface area (Å²) in [6, 6.07) is 13.2. The van der Waals surface area contributed by atoms with Crippen LogP contribution >= 0.6 is 0 Å². The fourth-order valence-electron chi connectivity index (χ4n) is 4.35. The van der Waals surface area contributed by atoms with Crippen LogP contribution in [0.3, 0.4) is 0 Å². The Bertz CT molecular complexity index is 1520. The van der Waals surface area contributed by atoms with Crippen molar-refractivity contribution in [3.8, 4) is 17.2 Å². The van der Waals surface area contributed by atoms with E-state index < -0.39 is 17.7 Å². The molecule has 0 saturated heterocycles. The Hall–Kier alpha value is -4.60. The number of carbonyl (C=O) groups is 4. The van der Waals surface area contributed by atoms with E-state index in [9.17, 15) is 28.0 Å². The van der Waals surface area contributed by atoms with Crippen molar-refractivity contribution < 1.29 is 42.2 Å². The fraction of sp³-hybridized carbons (Fsp3) is 0.405. The van der Waals surface area contributed by atoms with Crippen molar-refractivity contribution in [2.45, 2.75) is 80.3 Å². The van der Waals surface area contributed by atoms with Gasteiger partial charge in [0.05, 0.1) is 12.7 Å². The maximum absolute atomic E-state index is 13.3. The molecular weight excluding hydrogens is 608 g/mol. The Labute approximate surface area is 275 Å². The predicted molar refractivity (Wildman–Crippen MR) is 177 cm³/mol. The van der Waals surface area contributed by atoms with Crippen LogP contribution in [0.5, 0.6) is 17.2 Å². The zero-order valence-corrected chi connectivity index (χ0v) is 28.2. The highest BCUT2D eigenvalue weighted by Crippen LogP contribution is 2.32. The molecule has 0 fully saturated rings. The predicted octanol–water partition coefficient (Wildman–Crippen LogP) is 9.28. The molecule has 0 aliphatic heterocycles. The summed E-state index contributed by atoms with van der Waals surface area (Å²) in [7, 11) is 1.50. The molecule has 2 atom stereocenters. The molecule has 0 bridgehead atoms. The Kier molecular flexibility index (Phi) is 15.7. The zero-order chi connectivity index (χ0) is 35.1. The van der Waals surface area contributed by atoms with Gasteiger partial charge in [0.25, 0.3) is 0 Å². The van der Waals surface area contributed by atoms with Gasteiger partial charge in [-0.2, -0.15) is 0 Å². The first-order valence-electron chi connectivity index (χ1n) is 15.8. The third-order valence-electron chi connectivity index (χ3n) is 7.75. The maximum Gasteiger partial charge on any atom is 0.411 e. The number of rotatable bonds is 15. The third kappa shape index (κ3) is 11.9. The van der Waals surface area contributed by atoms with E-state index in [1.165, 1.54) is 13.2 Å². The lowest BCUT2D eigenvalue weighted by atomic mass is 9.90. The number of halogens is 2. The quantitative estimate of drug-likeness (QED) is 0.163. The van der Waals surface area contributed by atoms with Crippen LogP contribution < -0.4 is 14.8 Å². The third-order valence-corrected chi connectivity index (χ3v) is 7.75. The van der Waals surface area contributed by atoms with Gasteiger partial charge in [-0.25, -0.2) is 13.6 Å². The van der Waals surface area contributed by atoms with E-state index in [0.29, 0.717) is 60.4 Å². The summed E-state index contributed by atoms with van der Waals surface area (Å²) in [6.45, 7) is 11.0. The van der Waals surface area contributed by atoms with Crippen LogP contribution in [-0.4, -0.2) is 30.6 Å². The number of ether oxygens (including phenoxy) is 3. The van der Waals surface area contributed by atoms with Crippen molar-refractivity contribution in [1.82, 2.24) is 0 Å².